The van der Waals surface area contributed by atoms with Crippen molar-refractivity contribution in [2.24, 2.45) is 4.99 Å². The molecule has 0 atom stereocenters. The fourth-order valence-electron chi connectivity index (χ4n) is 3.94. The van der Waals surface area contributed by atoms with Gasteiger partial charge in [0.25, 0.3) is 0 Å². The number of nitrogens with zero attached hydrogens (tertiary/aromatic N) is 3. The minimum Gasteiger partial charge on any atom is -0.650 e. The Morgan fingerprint density at radius 3 is 2.15 bits per heavy atom. The fraction of sp³-hybridized carbons (Fsp3) is 0.636. The summed E-state index contributed by atoms with van der Waals surface area (Å²) in [6.45, 7) is 4.21. The number of hydrogen-bond donors (Lipinski definition) is 0. The van der Waals surface area contributed by atoms with Gasteiger partial charge in [-0.1, -0.05) is 70.4 Å². The molecule has 0 amide bonds. The smallest absolute Gasteiger partial charge is 0.650 e. The van der Waals surface area contributed by atoms with Gasteiger partial charge in [-0.25, -0.2) is 0 Å². The van der Waals surface area contributed by atoms with Crippen molar-refractivity contribution >= 4 is 5.71 Å². The Hall–Kier alpha value is -0.714. The Labute approximate surface area is 171 Å². The molecule has 0 N–H and O–H groups in total. The Morgan fingerprint density at radius 1 is 0.923 bits per heavy atom. The molecule has 2 saturated carbocycles. The molecule has 2 fully saturated rings. The molecular weight excluding hydrogens is 365 g/mol. The van der Waals surface area contributed by atoms with Crippen molar-refractivity contribution in [2.45, 2.75) is 90.1 Å². The van der Waals surface area contributed by atoms with Crippen molar-refractivity contribution < 1.29 is 16.8 Å². The topological polar surface area (TPSA) is 39.4 Å². The molecular formula is C22H34CoN3. The van der Waals surface area contributed by atoms with E-state index in [0.717, 1.165) is 23.1 Å². The van der Waals surface area contributed by atoms with E-state index in [1.165, 1.54) is 64.2 Å². The molecule has 2 radical (unpaired) electrons. The third kappa shape index (κ3) is 6.79. The van der Waals surface area contributed by atoms with Crippen LogP contribution in [0.2, 0.25) is 0 Å². The van der Waals surface area contributed by atoms with Gasteiger partial charge in [0.1, 0.15) is 0 Å². The monoisotopic (exact) mass is 399 g/mol. The van der Waals surface area contributed by atoms with Crippen LogP contribution >= 0.6 is 0 Å². The second-order valence-corrected chi connectivity index (χ2v) is 7.42. The fourth-order valence-corrected chi connectivity index (χ4v) is 3.94. The van der Waals surface area contributed by atoms with E-state index in [2.05, 4.69) is 32.0 Å². The summed E-state index contributed by atoms with van der Waals surface area (Å²) in [5.74, 6) is 0. The van der Waals surface area contributed by atoms with Gasteiger partial charge in [-0.2, -0.15) is 0 Å². The second kappa shape index (κ2) is 11.9. The maximum atomic E-state index is 4.94. The van der Waals surface area contributed by atoms with Gasteiger partial charge in [-0.05, 0) is 31.9 Å². The van der Waals surface area contributed by atoms with E-state index in [9.17, 15) is 0 Å². The summed E-state index contributed by atoms with van der Waals surface area (Å²) in [6, 6.07) is 8.34. The van der Waals surface area contributed by atoms with Crippen LogP contribution in [0, 0.1) is 13.5 Å². The Morgan fingerprint density at radius 2 is 1.50 bits per heavy atom. The average Bonchev–Trinajstić information content (AvgIpc) is 2.63. The van der Waals surface area contributed by atoms with E-state index in [4.69, 9.17) is 15.3 Å². The van der Waals surface area contributed by atoms with Gasteiger partial charge in [0, 0.05) is 5.69 Å². The van der Waals surface area contributed by atoms with Crippen molar-refractivity contribution in [2.75, 3.05) is 0 Å². The third-order valence-electron chi connectivity index (χ3n) is 5.39. The Kier molecular flexibility index (Phi) is 10.7. The number of aliphatic imine (C=N–C) groups is 1. The first kappa shape index (κ1) is 23.3. The second-order valence-electron chi connectivity index (χ2n) is 7.42. The number of hydrogen-bond acceptors (Lipinski definition) is 2. The molecule has 0 saturated heterocycles. The maximum absolute atomic E-state index is 4.94. The van der Waals surface area contributed by atoms with Crippen LogP contribution in [0.4, 0.5) is 0 Å². The average molecular weight is 399 g/mol. The molecule has 0 aliphatic heterocycles. The van der Waals surface area contributed by atoms with Gasteiger partial charge in [0.05, 0.1) is 17.4 Å². The molecule has 1 aromatic rings. The standard InChI is InChI=1S/C21H31N3.CH3.Co/c1-16(22-18-10-5-3-6-11-18)20-14-9-15-21(24-20)17(2)23-19-12-7-4-8-13-19;;/h9,14-15,18-19H,3-8,10-13H2,1-2H3;1H3;/q2*-1;+2. The zero-order valence-corrected chi connectivity index (χ0v) is 17.7. The summed E-state index contributed by atoms with van der Waals surface area (Å²) >= 11 is 0. The van der Waals surface area contributed by atoms with Crippen molar-refractivity contribution in [1.82, 2.24) is 4.98 Å². The SMILES string of the molecule is C[C]([N-]C1CCCCC1)c1cccc(C(C)=NC2CCCCC2)n1.[CH3-].[Co+2]. The predicted molar refractivity (Wildman–Crippen MR) is 108 cm³/mol. The largest absolute Gasteiger partial charge is 2.00 e. The van der Waals surface area contributed by atoms with Crippen molar-refractivity contribution in [3.63, 3.8) is 0 Å². The molecule has 1 aromatic heterocycles. The zero-order valence-electron chi connectivity index (χ0n) is 16.6. The Balaban J connectivity index is 0.00000169. The van der Waals surface area contributed by atoms with E-state index in [1.807, 2.05) is 0 Å². The summed E-state index contributed by atoms with van der Waals surface area (Å²) in [5, 5.41) is 4.94. The summed E-state index contributed by atoms with van der Waals surface area (Å²) in [5.41, 5.74) is 3.10. The van der Waals surface area contributed by atoms with Gasteiger partial charge in [-0.15, -0.1) is 6.04 Å². The molecule has 4 heteroatoms. The number of aromatic nitrogens is 1. The van der Waals surface area contributed by atoms with Crippen LogP contribution in [-0.2, 0) is 16.8 Å². The molecule has 2 aliphatic rings. The van der Waals surface area contributed by atoms with Crippen LogP contribution < -0.4 is 0 Å². The van der Waals surface area contributed by atoms with Gasteiger partial charge in [0.15, 0.2) is 0 Å². The van der Waals surface area contributed by atoms with E-state index >= 15 is 0 Å². The molecule has 3 nitrogen and oxygen atoms in total. The molecule has 2 aliphatic carbocycles. The summed E-state index contributed by atoms with van der Waals surface area (Å²) in [4.78, 5) is 9.78. The first-order valence-corrected chi connectivity index (χ1v) is 9.79. The molecule has 0 aromatic carbocycles. The van der Waals surface area contributed by atoms with Gasteiger partial charge in [-0.3, -0.25) is 9.98 Å². The summed E-state index contributed by atoms with van der Waals surface area (Å²) in [7, 11) is 0. The Bertz CT molecular complexity index is 546. The van der Waals surface area contributed by atoms with Crippen molar-refractivity contribution in [3.8, 4) is 0 Å². The van der Waals surface area contributed by atoms with Crippen LogP contribution in [0.1, 0.15) is 89.4 Å². The maximum Gasteiger partial charge on any atom is 2.00 e. The first-order valence-electron chi connectivity index (χ1n) is 9.79. The quantitative estimate of drug-likeness (QED) is 0.424. The summed E-state index contributed by atoms with van der Waals surface area (Å²) < 4.78 is 0. The molecule has 1 heterocycles. The minimum absolute atomic E-state index is 0. The minimum atomic E-state index is 0. The molecule has 3 rings (SSSR count). The molecule has 146 valence electrons. The molecule has 0 bridgehead atoms. The van der Waals surface area contributed by atoms with Gasteiger partial charge in [0.2, 0.25) is 0 Å². The van der Waals surface area contributed by atoms with Crippen LogP contribution in [0.15, 0.2) is 23.2 Å². The van der Waals surface area contributed by atoms with Crippen LogP contribution in [-0.4, -0.2) is 22.8 Å². The van der Waals surface area contributed by atoms with Crippen molar-refractivity contribution in [1.29, 1.82) is 0 Å². The van der Waals surface area contributed by atoms with Crippen LogP contribution in [0.5, 0.6) is 0 Å². The van der Waals surface area contributed by atoms with Crippen LogP contribution in [0.25, 0.3) is 5.32 Å². The van der Waals surface area contributed by atoms with Gasteiger partial charge < -0.3 is 12.7 Å². The number of rotatable bonds is 5. The molecule has 26 heavy (non-hydrogen) atoms. The first-order chi connectivity index (χ1) is 11.7. The van der Waals surface area contributed by atoms with Crippen molar-refractivity contribution in [3.05, 3.63) is 48.4 Å². The normalized spacial score (nSPS) is 19.7. The number of pyridine rings is 1. The molecule has 0 unspecified atom stereocenters. The zero-order chi connectivity index (χ0) is 16.8. The van der Waals surface area contributed by atoms with Gasteiger partial charge >= 0.3 is 16.8 Å². The van der Waals surface area contributed by atoms with E-state index < -0.39 is 0 Å². The third-order valence-corrected chi connectivity index (χ3v) is 5.39. The van der Waals surface area contributed by atoms with Crippen LogP contribution in [0.3, 0.4) is 0 Å². The van der Waals surface area contributed by atoms with E-state index in [-0.39, 0.29) is 24.2 Å². The molecule has 0 spiro atoms. The van der Waals surface area contributed by atoms with E-state index in [0.29, 0.717) is 12.1 Å². The predicted octanol–water partition coefficient (Wildman–Crippen LogP) is 6.28. The van der Waals surface area contributed by atoms with E-state index in [1.54, 1.807) is 0 Å². The summed E-state index contributed by atoms with van der Waals surface area (Å²) in [6.07, 6.45) is 13.0.